The third-order valence-corrected chi connectivity index (χ3v) is 1.98. The molecule has 0 atom stereocenters. The zero-order chi connectivity index (χ0) is 10.1. The summed E-state index contributed by atoms with van der Waals surface area (Å²) in [5, 5.41) is 9.42. The van der Waals surface area contributed by atoms with Gasteiger partial charge in [0.2, 0.25) is 0 Å². The Kier molecular flexibility index (Phi) is 1.81. The number of benzene rings is 1. The van der Waals surface area contributed by atoms with Crippen molar-refractivity contribution in [1.82, 2.24) is 4.98 Å². The molecule has 4 nitrogen and oxygen atoms in total. The van der Waals surface area contributed by atoms with Gasteiger partial charge in [0.25, 0.3) is 5.56 Å². The first kappa shape index (κ1) is 8.50. The number of H-pyrrole nitrogens is 1. The van der Waals surface area contributed by atoms with Crippen molar-refractivity contribution in [1.29, 1.82) is 0 Å². The van der Waals surface area contributed by atoms with E-state index in [0.717, 1.165) is 0 Å². The number of nitrogens with one attached hydrogen (secondary N) is 1. The maximum Gasteiger partial charge on any atom is 0.341 e. The molecule has 2 rings (SSSR count). The lowest BCUT2D eigenvalue weighted by Crippen LogP contribution is -2.16. The fourth-order valence-electron chi connectivity index (χ4n) is 1.31. The molecule has 14 heavy (non-hydrogen) atoms. The van der Waals surface area contributed by atoms with E-state index >= 15 is 0 Å². The van der Waals surface area contributed by atoms with E-state index in [-0.39, 0.29) is 5.56 Å². The first-order chi connectivity index (χ1) is 6.68. The average molecular weight is 189 g/mol. The Morgan fingerprint density at radius 3 is 2.71 bits per heavy atom. The Labute approximate surface area is 78.8 Å². The molecule has 0 spiro atoms. The highest BCUT2D eigenvalue weighted by atomic mass is 16.4. The average Bonchev–Trinajstić information content (AvgIpc) is 2.16. The number of aromatic nitrogens is 1. The van der Waals surface area contributed by atoms with Crippen LogP contribution in [0, 0.1) is 0 Å². The van der Waals surface area contributed by atoms with Crippen LogP contribution < -0.4 is 5.56 Å². The fraction of sp³-hybridized carbons (Fsp3) is 0. The van der Waals surface area contributed by atoms with Crippen LogP contribution in [0.5, 0.6) is 0 Å². The minimum atomic E-state index is -1.21. The number of carboxylic acid groups (broad SMARTS) is 1. The second kappa shape index (κ2) is 2.99. The van der Waals surface area contributed by atoms with E-state index in [1.165, 1.54) is 6.07 Å². The van der Waals surface area contributed by atoms with Crippen molar-refractivity contribution in [2.24, 2.45) is 0 Å². The van der Waals surface area contributed by atoms with Crippen molar-refractivity contribution in [2.45, 2.75) is 0 Å². The van der Waals surface area contributed by atoms with Crippen LogP contribution in [0.25, 0.3) is 10.9 Å². The van der Waals surface area contributed by atoms with Gasteiger partial charge < -0.3 is 10.1 Å². The molecular weight excluding hydrogens is 182 g/mol. The van der Waals surface area contributed by atoms with E-state index < -0.39 is 11.5 Å². The maximum atomic E-state index is 11.2. The Balaban J connectivity index is 2.84. The lowest BCUT2D eigenvalue weighted by Gasteiger charge is -1.98. The lowest BCUT2D eigenvalue weighted by atomic mass is 10.1. The predicted molar refractivity (Wildman–Crippen MR) is 51.5 cm³/mol. The molecule has 0 amide bonds. The summed E-state index contributed by atoms with van der Waals surface area (Å²) in [4.78, 5) is 24.4. The van der Waals surface area contributed by atoms with Crippen LogP contribution >= 0.6 is 0 Å². The summed E-state index contributed by atoms with van der Waals surface area (Å²) in [6.07, 6.45) is 0. The van der Waals surface area contributed by atoms with Crippen LogP contribution in [-0.4, -0.2) is 16.1 Å². The van der Waals surface area contributed by atoms with Crippen LogP contribution in [0.2, 0.25) is 0 Å². The number of carbonyl (C=O) groups is 1. The molecular formula is C10H7NO3. The molecule has 0 radical (unpaired) electrons. The molecule has 0 fully saturated rings. The number of aromatic amines is 1. The summed E-state index contributed by atoms with van der Waals surface area (Å²) in [7, 11) is 0. The van der Waals surface area contributed by atoms with Gasteiger partial charge in [-0.05, 0) is 17.5 Å². The molecule has 0 bridgehead atoms. The quantitative estimate of drug-likeness (QED) is 0.708. The molecule has 0 saturated carbocycles. The monoisotopic (exact) mass is 189 g/mol. The number of carboxylic acids is 1. The number of rotatable bonds is 1. The minimum absolute atomic E-state index is 0.233. The smallest absolute Gasteiger partial charge is 0.341 e. The number of hydrogen-bond donors (Lipinski definition) is 2. The molecule has 2 N–H and O–H groups in total. The summed E-state index contributed by atoms with van der Waals surface area (Å²) < 4.78 is 0. The van der Waals surface area contributed by atoms with Gasteiger partial charge in [0.1, 0.15) is 5.56 Å². The van der Waals surface area contributed by atoms with Crippen LogP contribution in [-0.2, 0) is 0 Å². The molecule has 4 heteroatoms. The van der Waals surface area contributed by atoms with Gasteiger partial charge >= 0.3 is 5.97 Å². The topological polar surface area (TPSA) is 70.2 Å². The Hall–Kier alpha value is -2.10. The Morgan fingerprint density at radius 2 is 2.00 bits per heavy atom. The van der Waals surface area contributed by atoms with Gasteiger partial charge in [-0.1, -0.05) is 18.2 Å². The van der Waals surface area contributed by atoms with Crippen molar-refractivity contribution in [3.63, 3.8) is 0 Å². The maximum absolute atomic E-state index is 11.2. The Bertz CT molecular complexity index is 557. The minimum Gasteiger partial charge on any atom is -0.477 e. The summed E-state index contributed by atoms with van der Waals surface area (Å²) in [5.74, 6) is -1.21. The van der Waals surface area contributed by atoms with Gasteiger partial charge in [0.05, 0.1) is 0 Å². The Morgan fingerprint density at radius 1 is 1.29 bits per heavy atom. The second-order valence-corrected chi connectivity index (χ2v) is 2.90. The fourth-order valence-corrected chi connectivity index (χ4v) is 1.31. The molecule has 1 heterocycles. The first-order valence-electron chi connectivity index (χ1n) is 4.04. The standard InChI is InChI=1S/C10H7NO3/c12-9-7(10(13)14)5-6-3-1-2-4-8(6)11-9/h1-5H,(H,11,12)(H,13,14). The second-order valence-electron chi connectivity index (χ2n) is 2.90. The third-order valence-electron chi connectivity index (χ3n) is 1.98. The van der Waals surface area contributed by atoms with Crippen LogP contribution in [0.4, 0.5) is 0 Å². The molecule has 0 saturated heterocycles. The summed E-state index contributed by atoms with van der Waals surface area (Å²) >= 11 is 0. The van der Waals surface area contributed by atoms with Crippen LogP contribution in [0.1, 0.15) is 10.4 Å². The highest BCUT2D eigenvalue weighted by molar-refractivity contribution is 5.92. The van der Waals surface area contributed by atoms with Crippen LogP contribution in [0.3, 0.4) is 0 Å². The van der Waals surface area contributed by atoms with Gasteiger partial charge in [-0.3, -0.25) is 4.79 Å². The highest BCUT2D eigenvalue weighted by Gasteiger charge is 2.08. The zero-order valence-electron chi connectivity index (χ0n) is 7.15. The molecule has 0 aliphatic heterocycles. The van der Waals surface area contributed by atoms with E-state index in [0.29, 0.717) is 10.9 Å². The molecule has 0 aliphatic rings. The van der Waals surface area contributed by atoms with E-state index in [9.17, 15) is 9.59 Å². The predicted octanol–water partition coefficient (Wildman–Crippen LogP) is 1.23. The van der Waals surface area contributed by atoms with Gasteiger partial charge in [-0.15, -0.1) is 0 Å². The number of para-hydroxylation sites is 1. The van der Waals surface area contributed by atoms with E-state index in [2.05, 4.69) is 4.98 Å². The highest BCUT2D eigenvalue weighted by Crippen LogP contribution is 2.09. The number of hydrogen-bond acceptors (Lipinski definition) is 2. The van der Waals surface area contributed by atoms with Crippen molar-refractivity contribution in [3.05, 3.63) is 46.2 Å². The molecule has 1 aromatic carbocycles. The zero-order valence-corrected chi connectivity index (χ0v) is 7.15. The van der Waals surface area contributed by atoms with Crippen LogP contribution in [0.15, 0.2) is 35.1 Å². The van der Waals surface area contributed by atoms with Gasteiger partial charge in [0.15, 0.2) is 0 Å². The summed E-state index contributed by atoms with van der Waals surface area (Å²) in [5.41, 5.74) is -0.164. The van der Waals surface area contributed by atoms with Gasteiger partial charge in [-0.2, -0.15) is 0 Å². The van der Waals surface area contributed by atoms with Crippen molar-refractivity contribution in [2.75, 3.05) is 0 Å². The normalized spacial score (nSPS) is 10.3. The van der Waals surface area contributed by atoms with E-state index in [4.69, 9.17) is 5.11 Å². The van der Waals surface area contributed by atoms with Crippen molar-refractivity contribution < 1.29 is 9.90 Å². The molecule has 0 aliphatic carbocycles. The number of fused-ring (bicyclic) bond motifs is 1. The van der Waals surface area contributed by atoms with Crippen molar-refractivity contribution >= 4 is 16.9 Å². The van der Waals surface area contributed by atoms with E-state index in [1.807, 2.05) is 0 Å². The van der Waals surface area contributed by atoms with E-state index in [1.54, 1.807) is 24.3 Å². The van der Waals surface area contributed by atoms with Gasteiger partial charge in [0, 0.05) is 5.52 Å². The number of pyridine rings is 1. The first-order valence-corrected chi connectivity index (χ1v) is 4.04. The third kappa shape index (κ3) is 1.26. The van der Waals surface area contributed by atoms with Gasteiger partial charge in [-0.25, -0.2) is 4.79 Å². The summed E-state index contributed by atoms with van der Waals surface area (Å²) in [6.45, 7) is 0. The van der Waals surface area contributed by atoms with Crippen molar-refractivity contribution in [3.8, 4) is 0 Å². The molecule has 70 valence electrons. The molecule has 2 aromatic rings. The SMILES string of the molecule is O=C(O)c1cc2ccccc2[nH]c1=O. The largest absolute Gasteiger partial charge is 0.477 e. The number of aromatic carboxylic acids is 1. The summed E-state index contributed by atoms with van der Waals surface area (Å²) in [6, 6.07) is 8.40. The molecule has 1 aromatic heterocycles. The molecule has 0 unspecified atom stereocenters. The lowest BCUT2D eigenvalue weighted by molar-refractivity contribution is 0.0695.